The summed E-state index contributed by atoms with van der Waals surface area (Å²) in [6.07, 6.45) is 0.408. The van der Waals surface area contributed by atoms with E-state index < -0.39 is 5.60 Å². The van der Waals surface area contributed by atoms with Gasteiger partial charge < -0.3 is 5.11 Å². The molecule has 0 saturated carbocycles. The Morgan fingerprint density at radius 1 is 1.37 bits per heavy atom. The number of benzene rings is 1. The maximum atomic E-state index is 13.3. The molecule has 1 aromatic heterocycles. The van der Waals surface area contributed by atoms with Crippen molar-refractivity contribution < 1.29 is 9.50 Å². The molecule has 102 valence electrons. The van der Waals surface area contributed by atoms with Crippen LogP contribution in [0.25, 0.3) is 0 Å². The number of hydrogen-bond donors (Lipinski definition) is 1. The lowest BCUT2D eigenvalue weighted by Gasteiger charge is -2.24. The number of aryl methyl sites for hydroxylation is 2. The molecule has 0 bridgehead atoms. The molecule has 0 aliphatic carbocycles. The van der Waals surface area contributed by atoms with Crippen LogP contribution in [0.3, 0.4) is 0 Å². The topological polar surface area (TPSA) is 38.0 Å². The molecular formula is C15H19FN2O. The summed E-state index contributed by atoms with van der Waals surface area (Å²) in [7, 11) is 0. The fraction of sp³-hybridized carbons (Fsp3) is 0.400. The van der Waals surface area contributed by atoms with Gasteiger partial charge in [-0.25, -0.2) is 4.39 Å². The van der Waals surface area contributed by atoms with Crippen LogP contribution in [0.2, 0.25) is 0 Å². The highest BCUT2D eigenvalue weighted by molar-refractivity contribution is 5.25. The van der Waals surface area contributed by atoms with Gasteiger partial charge in [0.05, 0.1) is 11.3 Å². The smallest absolute Gasteiger partial charge is 0.123 e. The second-order valence-electron chi connectivity index (χ2n) is 5.05. The van der Waals surface area contributed by atoms with Crippen molar-refractivity contribution in [2.24, 2.45) is 0 Å². The first-order chi connectivity index (χ1) is 8.92. The second kappa shape index (κ2) is 5.13. The molecule has 1 N–H and O–H groups in total. The lowest BCUT2D eigenvalue weighted by Crippen LogP contribution is -2.26. The Balaban J connectivity index is 2.30. The summed E-state index contributed by atoms with van der Waals surface area (Å²) < 4.78 is 15.1. The molecular weight excluding hydrogens is 243 g/mol. The van der Waals surface area contributed by atoms with Crippen LogP contribution in [-0.4, -0.2) is 14.9 Å². The molecule has 3 nitrogen and oxygen atoms in total. The Hall–Kier alpha value is -1.68. The van der Waals surface area contributed by atoms with E-state index in [2.05, 4.69) is 5.10 Å². The number of aliphatic hydroxyl groups is 1. The van der Waals surface area contributed by atoms with Gasteiger partial charge in [-0.1, -0.05) is 12.1 Å². The first kappa shape index (κ1) is 13.7. The van der Waals surface area contributed by atoms with Gasteiger partial charge >= 0.3 is 0 Å². The highest BCUT2D eigenvalue weighted by atomic mass is 19.1. The predicted molar refractivity (Wildman–Crippen MR) is 72.3 cm³/mol. The van der Waals surface area contributed by atoms with Crippen LogP contribution in [0, 0.1) is 12.7 Å². The van der Waals surface area contributed by atoms with Crippen molar-refractivity contribution >= 4 is 0 Å². The highest BCUT2D eigenvalue weighted by Gasteiger charge is 2.25. The third kappa shape index (κ3) is 3.01. The molecule has 1 unspecified atom stereocenters. The van der Waals surface area contributed by atoms with Gasteiger partial charge in [0.2, 0.25) is 0 Å². The van der Waals surface area contributed by atoms with E-state index in [0.717, 1.165) is 17.9 Å². The van der Waals surface area contributed by atoms with Gasteiger partial charge in [-0.05, 0) is 44.5 Å². The normalized spacial score (nSPS) is 14.4. The van der Waals surface area contributed by atoms with Crippen LogP contribution in [0.1, 0.15) is 30.8 Å². The monoisotopic (exact) mass is 262 g/mol. The van der Waals surface area contributed by atoms with E-state index in [-0.39, 0.29) is 5.82 Å². The number of hydrogen-bond acceptors (Lipinski definition) is 2. The van der Waals surface area contributed by atoms with Crippen LogP contribution >= 0.6 is 0 Å². The summed E-state index contributed by atoms with van der Waals surface area (Å²) in [6, 6.07) is 8.06. The Morgan fingerprint density at radius 2 is 2.11 bits per heavy atom. The van der Waals surface area contributed by atoms with Crippen LogP contribution in [0.5, 0.6) is 0 Å². The number of nitrogens with zero attached hydrogens (tertiary/aromatic N) is 2. The Morgan fingerprint density at radius 3 is 2.74 bits per heavy atom. The second-order valence-corrected chi connectivity index (χ2v) is 5.05. The maximum absolute atomic E-state index is 13.3. The van der Waals surface area contributed by atoms with Crippen molar-refractivity contribution in [1.82, 2.24) is 9.78 Å². The number of rotatable bonds is 4. The van der Waals surface area contributed by atoms with Crippen LogP contribution in [0.4, 0.5) is 4.39 Å². The lowest BCUT2D eigenvalue weighted by molar-refractivity contribution is 0.0550. The average Bonchev–Trinajstić information content (AvgIpc) is 2.68. The molecule has 0 spiro atoms. The van der Waals surface area contributed by atoms with Gasteiger partial charge in [-0.15, -0.1) is 0 Å². The van der Waals surface area contributed by atoms with Gasteiger partial charge in [0.1, 0.15) is 5.82 Å². The van der Waals surface area contributed by atoms with E-state index >= 15 is 0 Å². The van der Waals surface area contributed by atoms with Crippen molar-refractivity contribution in [3.8, 4) is 0 Å². The van der Waals surface area contributed by atoms with Crippen molar-refractivity contribution in [2.45, 2.75) is 39.3 Å². The fourth-order valence-electron chi connectivity index (χ4n) is 2.29. The molecule has 1 atom stereocenters. The van der Waals surface area contributed by atoms with Crippen molar-refractivity contribution in [3.05, 3.63) is 53.1 Å². The standard InChI is InChI=1S/C15H19FN2O/c1-4-18-14(8-11(2)17-18)10-15(3,19)12-6-5-7-13(16)9-12/h5-9,19H,4,10H2,1-3H3. The minimum Gasteiger partial charge on any atom is -0.385 e. The largest absolute Gasteiger partial charge is 0.385 e. The Labute approximate surface area is 112 Å². The Bertz CT molecular complexity index is 575. The summed E-state index contributed by atoms with van der Waals surface area (Å²) in [5.74, 6) is -0.335. The fourth-order valence-corrected chi connectivity index (χ4v) is 2.29. The summed E-state index contributed by atoms with van der Waals surface area (Å²) in [6.45, 7) is 6.38. The predicted octanol–water partition coefficient (Wildman–Crippen LogP) is 2.80. The number of aromatic nitrogens is 2. The molecule has 4 heteroatoms. The van der Waals surface area contributed by atoms with E-state index in [0.29, 0.717) is 12.0 Å². The maximum Gasteiger partial charge on any atom is 0.123 e. The lowest BCUT2D eigenvalue weighted by atomic mass is 9.91. The van der Waals surface area contributed by atoms with E-state index in [9.17, 15) is 9.50 Å². The minimum absolute atomic E-state index is 0.335. The zero-order chi connectivity index (χ0) is 14.0. The summed E-state index contributed by atoms with van der Waals surface area (Å²) in [5, 5.41) is 14.9. The molecule has 1 heterocycles. The third-order valence-electron chi connectivity index (χ3n) is 3.26. The molecule has 19 heavy (non-hydrogen) atoms. The molecule has 1 aromatic carbocycles. The number of halogens is 1. The molecule has 2 rings (SSSR count). The molecule has 0 amide bonds. The third-order valence-corrected chi connectivity index (χ3v) is 3.26. The quantitative estimate of drug-likeness (QED) is 0.920. The van der Waals surface area contributed by atoms with Gasteiger partial charge in [-0.2, -0.15) is 5.10 Å². The molecule has 0 saturated heterocycles. The average molecular weight is 262 g/mol. The first-order valence-corrected chi connectivity index (χ1v) is 6.44. The van der Waals surface area contributed by atoms with E-state index in [4.69, 9.17) is 0 Å². The van der Waals surface area contributed by atoms with Gasteiger partial charge in [-0.3, -0.25) is 4.68 Å². The molecule has 0 aliphatic rings. The summed E-state index contributed by atoms with van der Waals surface area (Å²) in [5.41, 5.74) is 1.34. The summed E-state index contributed by atoms with van der Waals surface area (Å²) >= 11 is 0. The van der Waals surface area contributed by atoms with Crippen LogP contribution in [-0.2, 0) is 18.6 Å². The van der Waals surface area contributed by atoms with Crippen molar-refractivity contribution in [1.29, 1.82) is 0 Å². The summed E-state index contributed by atoms with van der Waals surface area (Å²) in [4.78, 5) is 0. The zero-order valence-electron chi connectivity index (χ0n) is 11.5. The van der Waals surface area contributed by atoms with Crippen molar-refractivity contribution in [3.63, 3.8) is 0 Å². The van der Waals surface area contributed by atoms with Crippen LogP contribution < -0.4 is 0 Å². The highest BCUT2D eigenvalue weighted by Crippen LogP contribution is 2.26. The molecule has 0 aliphatic heterocycles. The van der Waals surface area contributed by atoms with Crippen LogP contribution in [0.15, 0.2) is 30.3 Å². The molecule has 2 aromatic rings. The van der Waals surface area contributed by atoms with E-state index in [1.807, 2.05) is 24.6 Å². The van der Waals surface area contributed by atoms with Gasteiger partial charge in [0.15, 0.2) is 0 Å². The minimum atomic E-state index is -1.11. The Kier molecular flexibility index (Phi) is 3.71. The first-order valence-electron chi connectivity index (χ1n) is 6.44. The van der Waals surface area contributed by atoms with Gasteiger partial charge in [0, 0.05) is 18.7 Å². The SMILES string of the molecule is CCn1nc(C)cc1CC(C)(O)c1cccc(F)c1. The van der Waals surface area contributed by atoms with Gasteiger partial charge in [0.25, 0.3) is 0 Å². The molecule has 0 fully saturated rings. The van der Waals surface area contributed by atoms with E-state index in [1.165, 1.54) is 12.1 Å². The van der Waals surface area contributed by atoms with Crippen molar-refractivity contribution in [2.75, 3.05) is 0 Å². The zero-order valence-corrected chi connectivity index (χ0v) is 11.5. The molecule has 0 radical (unpaired) electrons. The van der Waals surface area contributed by atoms with E-state index in [1.54, 1.807) is 19.1 Å².